The van der Waals surface area contributed by atoms with Crippen molar-refractivity contribution in [2.24, 2.45) is 11.8 Å². The molecule has 0 atom stereocenters. The summed E-state index contributed by atoms with van der Waals surface area (Å²) in [5.74, 6) is 1.65. The molecule has 1 fully saturated rings. The van der Waals surface area contributed by atoms with Gasteiger partial charge in [0.05, 0.1) is 13.1 Å². The number of piperidine rings is 1. The fourth-order valence-electron chi connectivity index (χ4n) is 2.43. The number of rotatable bonds is 2. The van der Waals surface area contributed by atoms with Crippen LogP contribution >= 0.6 is 43.2 Å². The van der Waals surface area contributed by atoms with Gasteiger partial charge >= 0.3 is 0 Å². The standard InChI is InChI=1S/C13H17Br2NOS/c1-8(2)9-3-5-16(6-4-9)13(17)10-7-11(14)18-12(10)15/h7-9H,3-6H2,1-2H3. The first-order valence-corrected chi connectivity index (χ1v) is 8.63. The molecule has 1 aromatic rings. The van der Waals surface area contributed by atoms with Gasteiger partial charge in [0, 0.05) is 13.1 Å². The number of carbonyl (C=O) groups excluding carboxylic acids is 1. The summed E-state index contributed by atoms with van der Waals surface area (Å²) >= 11 is 8.43. The van der Waals surface area contributed by atoms with Gasteiger partial charge in [-0.05, 0) is 62.6 Å². The maximum absolute atomic E-state index is 12.4. The van der Waals surface area contributed by atoms with Crippen LogP contribution < -0.4 is 0 Å². The van der Waals surface area contributed by atoms with E-state index in [-0.39, 0.29) is 5.91 Å². The van der Waals surface area contributed by atoms with Crippen molar-refractivity contribution >= 4 is 49.1 Å². The lowest BCUT2D eigenvalue weighted by atomic mass is 9.86. The molecule has 0 aromatic carbocycles. The molecule has 0 bridgehead atoms. The minimum absolute atomic E-state index is 0.158. The molecule has 2 rings (SSSR count). The van der Waals surface area contributed by atoms with E-state index >= 15 is 0 Å². The van der Waals surface area contributed by atoms with Crippen LogP contribution in [0.1, 0.15) is 37.0 Å². The zero-order chi connectivity index (χ0) is 13.3. The number of hydrogen-bond donors (Lipinski definition) is 0. The SMILES string of the molecule is CC(C)C1CCN(C(=O)c2cc(Br)sc2Br)CC1. The molecular weight excluding hydrogens is 378 g/mol. The highest BCUT2D eigenvalue weighted by atomic mass is 79.9. The van der Waals surface area contributed by atoms with E-state index in [1.54, 1.807) is 11.3 Å². The van der Waals surface area contributed by atoms with Gasteiger partial charge in [0.2, 0.25) is 0 Å². The zero-order valence-electron chi connectivity index (χ0n) is 10.6. The smallest absolute Gasteiger partial charge is 0.255 e. The summed E-state index contributed by atoms with van der Waals surface area (Å²) in [7, 11) is 0. The Morgan fingerprint density at radius 2 is 2.00 bits per heavy atom. The second-order valence-electron chi connectivity index (χ2n) is 5.11. The summed E-state index contributed by atoms with van der Waals surface area (Å²) < 4.78 is 1.92. The summed E-state index contributed by atoms with van der Waals surface area (Å²) in [5.41, 5.74) is 0.787. The molecular formula is C13H17Br2NOS. The quantitative estimate of drug-likeness (QED) is 0.706. The third-order valence-corrected chi connectivity index (χ3v) is 6.00. The second kappa shape index (κ2) is 6.06. The lowest BCUT2D eigenvalue weighted by Crippen LogP contribution is -2.39. The first-order chi connectivity index (χ1) is 8.49. The van der Waals surface area contributed by atoms with Gasteiger partial charge in [-0.1, -0.05) is 13.8 Å². The molecule has 0 N–H and O–H groups in total. The largest absolute Gasteiger partial charge is 0.339 e. The fraction of sp³-hybridized carbons (Fsp3) is 0.615. The van der Waals surface area contributed by atoms with Crippen LogP contribution in [-0.2, 0) is 0 Å². The molecule has 2 heterocycles. The van der Waals surface area contributed by atoms with E-state index in [2.05, 4.69) is 45.7 Å². The highest BCUT2D eigenvalue weighted by Gasteiger charge is 2.26. The number of thiophene rings is 1. The summed E-state index contributed by atoms with van der Waals surface area (Å²) in [6.45, 7) is 6.33. The van der Waals surface area contributed by atoms with Crippen LogP contribution in [0, 0.1) is 11.8 Å². The summed E-state index contributed by atoms with van der Waals surface area (Å²) in [6.07, 6.45) is 2.26. The van der Waals surface area contributed by atoms with Gasteiger partial charge in [0.25, 0.3) is 5.91 Å². The number of amides is 1. The van der Waals surface area contributed by atoms with Crippen LogP contribution in [0.2, 0.25) is 0 Å². The molecule has 1 amide bonds. The third-order valence-electron chi connectivity index (χ3n) is 3.66. The fourth-order valence-corrected chi connectivity index (χ4v) is 5.20. The van der Waals surface area contributed by atoms with E-state index in [0.29, 0.717) is 0 Å². The molecule has 18 heavy (non-hydrogen) atoms. The van der Waals surface area contributed by atoms with Gasteiger partial charge < -0.3 is 4.90 Å². The van der Waals surface area contributed by atoms with Crippen LogP contribution in [0.15, 0.2) is 13.6 Å². The van der Waals surface area contributed by atoms with Gasteiger partial charge in [-0.15, -0.1) is 11.3 Å². The van der Waals surface area contributed by atoms with Crippen molar-refractivity contribution in [1.29, 1.82) is 0 Å². The van der Waals surface area contributed by atoms with E-state index in [9.17, 15) is 4.79 Å². The van der Waals surface area contributed by atoms with Crippen LogP contribution in [0.5, 0.6) is 0 Å². The van der Waals surface area contributed by atoms with Crippen LogP contribution in [0.3, 0.4) is 0 Å². The van der Waals surface area contributed by atoms with Crippen molar-refractivity contribution in [2.45, 2.75) is 26.7 Å². The van der Waals surface area contributed by atoms with E-state index < -0.39 is 0 Å². The monoisotopic (exact) mass is 393 g/mol. The van der Waals surface area contributed by atoms with Crippen LogP contribution in [0.25, 0.3) is 0 Å². The molecule has 1 saturated heterocycles. The van der Waals surface area contributed by atoms with Gasteiger partial charge in [0.1, 0.15) is 0 Å². The van der Waals surface area contributed by atoms with Crippen molar-refractivity contribution in [3.05, 3.63) is 19.2 Å². The second-order valence-corrected chi connectivity index (χ2v) is 8.86. The lowest BCUT2D eigenvalue weighted by Gasteiger charge is -2.33. The van der Waals surface area contributed by atoms with E-state index in [1.165, 1.54) is 0 Å². The Balaban J connectivity index is 2.02. The maximum Gasteiger partial charge on any atom is 0.255 e. The molecule has 2 nitrogen and oxygen atoms in total. The number of nitrogens with zero attached hydrogens (tertiary/aromatic N) is 1. The van der Waals surface area contributed by atoms with Crippen molar-refractivity contribution < 1.29 is 4.79 Å². The van der Waals surface area contributed by atoms with Gasteiger partial charge in [0.15, 0.2) is 0 Å². The predicted molar refractivity (Wildman–Crippen MR) is 83.2 cm³/mol. The summed E-state index contributed by atoms with van der Waals surface area (Å²) in [6, 6.07) is 1.91. The van der Waals surface area contributed by atoms with Gasteiger partial charge in [-0.2, -0.15) is 0 Å². The highest BCUT2D eigenvalue weighted by Crippen LogP contribution is 2.33. The van der Waals surface area contributed by atoms with Crippen LogP contribution in [0.4, 0.5) is 0 Å². The van der Waals surface area contributed by atoms with Gasteiger partial charge in [-0.25, -0.2) is 0 Å². The average Bonchev–Trinajstić information content (AvgIpc) is 2.67. The average molecular weight is 395 g/mol. The molecule has 0 unspecified atom stereocenters. The maximum atomic E-state index is 12.4. The molecule has 1 aromatic heterocycles. The first-order valence-electron chi connectivity index (χ1n) is 6.23. The Labute approximate surface area is 129 Å². The van der Waals surface area contributed by atoms with Crippen molar-refractivity contribution in [3.8, 4) is 0 Å². The Kier molecular flexibility index (Phi) is 4.89. The Hall–Kier alpha value is 0.130. The molecule has 5 heteroatoms. The number of halogens is 2. The summed E-state index contributed by atoms with van der Waals surface area (Å²) in [4.78, 5) is 14.4. The minimum Gasteiger partial charge on any atom is -0.339 e. The third kappa shape index (κ3) is 3.17. The zero-order valence-corrected chi connectivity index (χ0v) is 14.6. The Bertz CT molecular complexity index is 436. The molecule has 100 valence electrons. The lowest BCUT2D eigenvalue weighted by molar-refractivity contribution is 0.0667. The van der Waals surface area contributed by atoms with Crippen molar-refractivity contribution in [3.63, 3.8) is 0 Å². The Morgan fingerprint density at radius 3 is 2.44 bits per heavy atom. The number of carbonyl (C=O) groups is 1. The normalized spacial score (nSPS) is 17.5. The predicted octanol–water partition coefficient (Wildman–Crippen LogP) is 4.78. The van der Waals surface area contributed by atoms with Crippen LogP contribution in [-0.4, -0.2) is 23.9 Å². The molecule has 0 saturated carbocycles. The molecule has 0 aliphatic carbocycles. The molecule has 1 aliphatic rings. The van der Waals surface area contributed by atoms with Gasteiger partial charge in [-0.3, -0.25) is 4.79 Å². The van der Waals surface area contributed by atoms with Crippen molar-refractivity contribution in [2.75, 3.05) is 13.1 Å². The minimum atomic E-state index is 0.158. The van der Waals surface area contributed by atoms with E-state index in [1.807, 2.05) is 11.0 Å². The summed E-state index contributed by atoms with van der Waals surface area (Å²) in [5, 5.41) is 0. The highest BCUT2D eigenvalue weighted by molar-refractivity contribution is 9.12. The number of hydrogen-bond acceptors (Lipinski definition) is 2. The molecule has 0 spiro atoms. The van der Waals surface area contributed by atoms with E-state index in [0.717, 1.165) is 50.9 Å². The van der Waals surface area contributed by atoms with E-state index in [4.69, 9.17) is 0 Å². The topological polar surface area (TPSA) is 20.3 Å². The number of likely N-dealkylation sites (tertiary alicyclic amines) is 1. The first kappa shape index (κ1) is 14.5. The molecule has 0 radical (unpaired) electrons. The Morgan fingerprint density at radius 1 is 1.39 bits per heavy atom. The molecule has 1 aliphatic heterocycles. The van der Waals surface area contributed by atoms with Crippen molar-refractivity contribution in [1.82, 2.24) is 4.90 Å².